The molecular formula is C38H36N4OS. The fourth-order valence-corrected chi connectivity index (χ4v) is 8.25. The maximum Gasteiger partial charge on any atom is 0.140 e. The van der Waals surface area contributed by atoms with Crippen molar-refractivity contribution >= 4 is 70.6 Å². The Hall–Kier alpha value is -4.42. The fraction of sp³-hybridized carbons (Fsp3) is 0.263. The molecule has 0 aliphatic carbocycles. The number of hydrogen-bond donors (Lipinski definition) is 1. The third-order valence-electron chi connectivity index (χ3n) is 8.92. The summed E-state index contributed by atoms with van der Waals surface area (Å²) >= 11 is 1.54. The van der Waals surface area contributed by atoms with Gasteiger partial charge in [0.2, 0.25) is 0 Å². The Morgan fingerprint density at radius 3 is 2.50 bits per heavy atom. The number of nitrogens with one attached hydrogen (secondary N) is 1. The van der Waals surface area contributed by atoms with Crippen LogP contribution >= 0.6 is 11.3 Å². The normalized spacial score (nSPS) is 16.3. The molecule has 0 amide bonds. The van der Waals surface area contributed by atoms with Crippen LogP contribution in [0, 0.1) is 20.7 Å². The molecule has 0 saturated carbocycles. The van der Waals surface area contributed by atoms with Gasteiger partial charge in [-0.3, -0.25) is 4.98 Å². The van der Waals surface area contributed by atoms with E-state index in [4.69, 9.17) is 13.5 Å². The number of fused-ring (bicyclic) bond motifs is 7. The minimum Gasteiger partial charge on any atom is -0.456 e. The van der Waals surface area contributed by atoms with Gasteiger partial charge in [0.1, 0.15) is 22.2 Å². The molecule has 7 aromatic rings. The average molecular weight is 600 g/mol. The summed E-state index contributed by atoms with van der Waals surface area (Å²) in [6.45, 7) is 10.9. The van der Waals surface area contributed by atoms with Crippen molar-refractivity contribution in [3.05, 3.63) is 101 Å². The zero-order chi connectivity index (χ0) is 32.9. The van der Waals surface area contributed by atoms with Gasteiger partial charge in [0.15, 0.2) is 0 Å². The minimum atomic E-state index is -2.27. The Morgan fingerprint density at radius 1 is 0.864 bits per heavy atom. The highest BCUT2D eigenvalue weighted by Crippen LogP contribution is 2.55. The zero-order valence-corrected chi connectivity index (χ0v) is 26.6. The Bertz CT molecular complexity index is 2390. The first-order chi connectivity index (χ1) is 22.4. The molecule has 1 unspecified atom stereocenters. The SMILES string of the molecule is [2H]C([2H])([2H])c1ccc2c(n1)sc1cccc(C3Nc4cc(C)nc(C)c4N3c3c(C(C)C)cc4c(oc5ccccc54)c3C(C)C)c12. The van der Waals surface area contributed by atoms with Crippen molar-refractivity contribution in [2.24, 2.45) is 0 Å². The molecule has 3 aromatic carbocycles. The zero-order valence-electron chi connectivity index (χ0n) is 28.7. The molecule has 4 aromatic heterocycles. The van der Waals surface area contributed by atoms with E-state index in [9.17, 15) is 0 Å². The van der Waals surface area contributed by atoms with E-state index in [2.05, 4.69) is 98.4 Å². The molecule has 1 aliphatic rings. The molecule has 1 N–H and O–H groups in total. The van der Waals surface area contributed by atoms with E-state index in [1.165, 1.54) is 22.5 Å². The highest BCUT2D eigenvalue weighted by molar-refractivity contribution is 7.25. The first-order valence-electron chi connectivity index (χ1n) is 16.8. The summed E-state index contributed by atoms with van der Waals surface area (Å²) in [6, 6.07) is 22.7. The Balaban J connectivity index is 1.46. The predicted molar refractivity (Wildman–Crippen MR) is 186 cm³/mol. The third-order valence-corrected chi connectivity index (χ3v) is 9.99. The van der Waals surface area contributed by atoms with Crippen LogP contribution in [0.4, 0.5) is 17.1 Å². The molecule has 6 heteroatoms. The van der Waals surface area contributed by atoms with Crippen molar-refractivity contribution in [1.82, 2.24) is 9.97 Å². The van der Waals surface area contributed by atoms with Gasteiger partial charge in [-0.25, -0.2) is 4.98 Å². The molecular weight excluding hydrogens is 561 g/mol. The second kappa shape index (κ2) is 9.80. The molecule has 1 atom stereocenters. The number of aromatic nitrogens is 2. The summed E-state index contributed by atoms with van der Waals surface area (Å²) in [4.78, 5) is 12.8. The molecule has 44 heavy (non-hydrogen) atoms. The number of pyridine rings is 2. The molecule has 220 valence electrons. The van der Waals surface area contributed by atoms with E-state index < -0.39 is 6.85 Å². The van der Waals surface area contributed by atoms with Gasteiger partial charge in [0.05, 0.1) is 22.8 Å². The average Bonchev–Trinajstić information content (AvgIpc) is 3.70. The molecule has 0 bridgehead atoms. The van der Waals surface area contributed by atoms with E-state index in [0.717, 1.165) is 76.3 Å². The number of rotatable bonds is 4. The maximum atomic E-state index is 7.94. The quantitative estimate of drug-likeness (QED) is 0.218. The second-order valence-corrected chi connectivity index (χ2v) is 13.6. The van der Waals surface area contributed by atoms with Crippen molar-refractivity contribution < 1.29 is 8.53 Å². The van der Waals surface area contributed by atoms with Crippen molar-refractivity contribution in [2.75, 3.05) is 10.2 Å². The van der Waals surface area contributed by atoms with E-state index in [-0.39, 0.29) is 23.7 Å². The molecule has 8 rings (SSSR count). The van der Waals surface area contributed by atoms with Crippen molar-refractivity contribution in [3.63, 3.8) is 0 Å². The van der Waals surface area contributed by atoms with Crippen LogP contribution < -0.4 is 10.2 Å². The van der Waals surface area contributed by atoms with Crippen LogP contribution in [0.1, 0.15) is 83.6 Å². The number of nitrogens with zero attached hydrogens (tertiary/aromatic N) is 3. The van der Waals surface area contributed by atoms with Crippen LogP contribution in [0.5, 0.6) is 0 Å². The summed E-state index contributed by atoms with van der Waals surface area (Å²) in [5.74, 6) is 0.389. The van der Waals surface area contributed by atoms with Gasteiger partial charge in [0.25, 0.3) is 0 Å². The lowest BCUT2D eigenvalue weighted by molar-refractivity contribution is 0.654. The largest absolute Gasteiger partial charge is 0.456 e. The fourth-order valence-electron chi connectivity index (χ4n) is 7.14. The lowest BCUT2D eigenvalue weighted by Gasteiger charge is -2.34. The highest BCUT2D eigenvalue weighted by atomic mass is 32.1. The molecule has 0 saturated heterocycles. The van der Waals surface area contributed by atoms with Crippen LogP contribution in [-0.4, -0.2) is 9.97 Å². The Labute approximate surface area is 265 Å². The molecule has 0 radical (unpaired) electrons. The van der Waals surface area contributed by atoms with Gasteiger partial charge < -0.3 is 14.6 Å². The monoisotopic (exact) mass is 599 g/mol. The van der Waals surface area contributed by atoms with Crippen molar-refractivity contribution in [3.8, 4) is 0 Å². The Morgan fingerprint density at radius 2 is 1.70 bits per heavy atom. The first-order valence-corrected chi connectivity index (χ1v) is 16.1. The third kappa shape index (κ3) is 3.90. The number of thiophene rings is 1. The van der Waals surface area contributed by atoms with E-state index in [1.807, 2.05) is 19.1 Å². The van der Waals surface area contributed by atoms with Crippen LogP contribution in [0.3, 0.4) is 0 Å². The molecule has 1 aliphatic heterocycles. The van der Waals surface area contributed by atoms with E-state index in [1.54, 1.807) is 6.07 Å². The van der Waals surface area contributed by atoms with Crippen LogP contribution in [0.25, 0.3) is 42.2 Å². The number of hydrogen-bond acceptors (Lipinski definition) is 6. The minimum absolute atomic E-state index is 0.116. The van der Waals surface area contributed by atoms with Crippen molar-refractivity contribution in [2.45, 2.75) is 66.4 Å². The highest BCUT2D eigenvalue weighted by Gasteiger charge is 2.39. The van der Waals surface area contributed by atoms with E-state index >= 15 is 0 Å². The molecule has 0 fully saturated rings. The van der Waals surface area contributed by atoms with Gasteiger partial charge in [-0.15, -0.1) is 11.3 Å². The standard InChI is InChI=1S/C38H36N4OS/c1-19(2)27-18-28-24-11-8-9-13-30(24)43-36(28)32(20(3)4)35(27)42-34-23(7)39-22(6)17-29(34)41-37(42)25-12-10-14-31-33(25)26-16-15-21(5)40-38(26)44-31/h8-20,37,41H,1-7H3/i5D3. The summed E-state index contributed by atoms with van der Waals surface area (Å²) in [7, 11) is 0. The van der Waals surface area contributed by atoms with Gasteiger partial charge in [0, 0.05) is 52.9 Å². The second-order valence-electron chi connectivity index (χ2n) is 12.5. The van der Waals surface area contributed by atoms with Crippen LogP contribution in [0.15, 0.2) is 71.1 Å². The summed E-state index contributed by atoms with van der Waals surface area (Å²) < 4.78 is 31.6. The molecule has 5 heterocycles. The van der Waals surface area contributed by atoms with Gasteiger partial charge in [-0.2, -0.15) is 0 Å². The molecule has 5 nitrogen and oxygen atoms in total. The number of benzene rings is 3. The summed E-state index contributed by atoms with van der Waals surface area (Å²) in [5, 5.41) is 8.22. The number of furan rings is 1. The summed E-state index contributed by atoms with van der Waals surface area (Å²) in [5.41, 5.74) is 10.6. The van der Waals surface area contributed by atoms with Crippen LogP contribution in [-0.2, 0) is 0 Å². The number of aryl methyl sites for hydroxylation is 3. The predicted octanol–water partition coefficient (Wildman–Crippen LogP) is 11.2. The summed E-state index contributed by atoms with van der Waals surface area (Å²) in [6.07, 6.45) is -0.270. The lowest BCUT2D eigenvalue weighted by atomic mass is 9.88. The van der Waals surface area contributed by atoms with Gasteiger partial charge in [-0.05, 0) is 74.5 Å². The number of anilines is 3. The van der Waals surface area contributed by atoms with Gasteiger partial charge >= 0.3 is 0 Å². The lowest BCUT2D eigenvalue weighted by Crippen LogP contribution is -2.26. The first kappa shape index (κ1) is 24.0. The van der Waals surface area contributed by atoms with Gasteiger partial charge in [-0.1, -0.05) is 58.0 Å². The Kier molecular flexibility index (Phi) is 5.34. The topological polar surface area (TPSA) is 54.2 Å². The smallest absolute Gasteiger partial charge is 0.140 e. The number of para-hydroxylation sites is 1. The van der Waals surface area contributed by atoms with E-state index in [0.29, 0.717) is 0 Å². The molecule has 0 spiro atoms. The maximum absolute atomic E-state index is 7.94. The van der Waals surface area contributed by atoms with Crippen molar-refractivity contribution in [1.29, 1.82) is 0 Å². The van der Waals surface area contributed by atoms with Crippen LogP contribution in [0.2, 0.25) is 0 Å².